The maximum atomic E-state index is 13.3. The average Bonchev–Trinajstić information content (AvgIpc) is 3.17. The van der Waals surface area contributed by atoms with E-state index in [0.29, 0.717) is 28.1 Å². The highest BCUT2D eigenvalue weighted by Crippen LogP contribution is 2.47. The van der Waals surface area contributed by atoms with Crippen LogP contribution >= 0.6 is 0 Å². The third kappa shape index (κ3) is 3.58. The minimum absolute atomic E-state index is 0.201. The first-order valence-electron chi connectivity index (χ1n) is 9.16. The quantitative estimate of drug-likeness (QED) is 0.861. The van der Waals surface area contributed by atoms with Crippen molar-refractivity contribution in [1.82, 2.24) is 14.5 Å². The number of sulfonamides is 1. The first kappa shape index (κ1) is 19.1. The van der Waals surface area contributed by atoms with E-state index in [0.717, 1.165) is 12.0 Å². The lowest BCUT2D eigenvalue weighted by molar-refractivity contribution is 0.345. The minimum atomic E-state index is -3.67. The largest absolute Gasteiger partial charge is 0.263 e. The van der Waals surface area contributed by atoms with Gasteiger partial charge in [-0.15, -0.1) is 0 Å². The fraction of sp³-hybridized carbons (Fsp3) is 0.550. The number of hydrogen-bond acceptors (Lipinski definition) is 3. The zero-order valence-corrected chi connectivity index (χ0v) is 17.3. The molecule has 6 heteroatoms. The minimum Gasteiger partial charge on any atom is -0.263 e. The molecule has 0 bridgehead atoms. The molecular formula is C20H29N3O2S. The zero-order valence-electron chi connectivity index (χ0n) is 16.4. The van der Waals surface area contributed by atoms with Crippen LogP contribution in [0.25, 0.3) is 0 Å². The summed E-state index contributed by atoms with van der Waals surface area (Å²) >= 11 is 0. The van der Waals surface area contributed by atoms with E-state index < -0.39 is 10.0 Å². The molecule has 26 heavy (non-hydrogen) atoms. The zero-order chi connectivity index (χ0) is 19.3. The molecule has 0 radical (unpaired) electrons. The summed E-state index contributed by atoms with van der Waals surface area (Å²) in [5.41, 5.74) is 1.97. The highest BCUT2D eigenvalue weighted by molar-refractivity contribution is 7.89. The molecule has 5 nitrogen and oxygen atoms in total. The summed E-state index contributed by atoms with van der Waals surface area (Å²) in [5.74, 6) is 0.868. The molecule has 1 aromatic heterocycles. The van der Waals surface area contributed by atoms with Crippen LogP contribution in [0, 0.1) is 25.7 Å². The predicted molar refractivity (Wildman–Crippen MR) is 103 cm³/mol. The Labute approximate surface area is 156 Å². The Bertz CT molecular complexity index is 895. The van der Waals surface area contributed by atoms with Crippen LogP contribution in [0.1, 0.15) is 57.1 Å². The lowest BCUT2D eigenvalue weighted by Crippen LogP contribution is -2.31. The summed E-state index contributed by atoms with van der Waals surface area (Å²) in [6.45, 7) is 11.8. The van der Waals surface area contributed by atoms with E-state index in [1.54, 1.807) is 11.6 Å². The van der Waals surface area contributed by atoms with Gasteiger partial charge in [-0.05, 0) is 58.4 Å². The van der Waals surface area contributed by atoms with Crippen molar-refractivity contribution in [3.63, 3.8) is 0 Å². The highest BCUT2D eigenvalue weighted by atomic mass is 32.2. The molecule has 142 valence electrons. The Morgan fingerprint density at radius 1 is 1.19 bits per heavy atom. The lowest BCUT2D eigenvalue weighted by Gasteiger charge is -2.22. The molecule has 0 saturated heterocycles. The van der Waals surface area contributed by atoms with Crippen molar-refractivity contribution >= 4 is 10.0 Å². The van der Waals surface area contributed by atoms with Crippen molar-refractivity contribution in [2.24, 2.45) is 11.8 Å². The molecule has 2 aromatic rings. The summed E-state index contributed by atoms with van der Waals surface area (Å²) in [4.78, 5) is 0.307. The molecular weight excluding hydrogens is 346 g/mol. The Balaban J connectivity index is 1.99. The van der Waals surface area contributed by atoms with Gasteiger partial charge in [-0.3, -0.25) is 4.68 Å². The van der Waals surface area contributed by atoms with Gasteiger partial charge in [-0.25, -0.2) is 13.1 Å². The molecule has 3 atom stereocenters. The molecule has 0 spiro atoms. The molecule has 0 amide bonds. The van der Waals surface area contributed by atoms with Crippen molar-refractivity contribution < 1.29 is 8.42 Å². The van der Waals surface area contributed by atoms with Gasteiger partial charge >= 0.3 is 0 Å². The normalized spacial score (nSPS) is 21.6. The second-order valence-electron chi connectivity index (χ2n) is 8.47. The highest BCUT2D eigenvalue weighted by Gasteiger charge is 2.43. The summed E-state index contributed by atoms with van der Waals surface area (Å²) < 4.78 is 31.3. The van der Waals surface area contributed by atoms with Crippen LogP contribution in [0.4, 0.5) is 0 Å². The number of hydrogen-bond donors (Lipinski definition) is 1. The number of aromatic nitrogens is 2. The van der Waals surface area contributed by atoms with E-state index in [-0.39, 0.29) is 11.6 Å². The van der Waals surface area contributed by atoms with E-state index in [2.05, 4.69) is 16.7 Å². The lowest BCUT2D eigenvalue weighted by atomic mass is 10.0. The van der Waals surface area contributed by atoms with E-state index >= 15 is 0 Å². The Kier molecular flexibility index (Phi) is 4.78. The summed E-state index contributed by atoms with van der Waals surface area (Å²) in [6.07, 6.45) is 1.04. The third-order valence-corrected chi connectivity index (χ3v) is 6.86. The molecule has 1 aromatic carbocycles. The van der Waals surface area contributed by atoms with E-state index in [1.807, 2.05) is 58.0 Å². The number of nitrogens with zero attached hydrogens (tertiary/aromatic N) is 2. The van der Waals surface area contributed by atoms with E-state index in [9.17, 15) is 8.42 Å². The molecule has 1 N–H and O–H groups in total. The molecule has 1 fully saturated rings. The van der Waals surface area contributed by atoms with Crippen molar-refractivity contribution in [1.29, 1.82) is 0 Å². The fourth-order valence-electron chi connectivity index (χ4n) is 3.77. The SMILES string of the molecule is Cc1nn(C(C)(C)C)c(C)c1S(=O)(=O)NC(c1ccccc1)C1CC1C. The van der Waals surface area contributed by atoms with Gasteiger partial charge < -0.3 is 0 Å². The monoisotopic (exact) mass is 375 g/mol. The van der Waals surface area contributed by atoms with Gasteiger partial charge in [0.2, 0.25) is 10.0 Å². The maximum absolute atomic E-state index is 13.3. The summed E-state index contributed by atoms with van der Waals surface area (Å²) in [6, 6.07) is 9.66. The molecule has 3 unspecified atom stereocenters. The third-order valence-electron chi connectivity index (χ3n) is 5.17. The number of nitrogens with one attached hydrogen (secondary N) is 1. The van der Waals surface area contributed by atoms with Crippen LogP contribution in [0.15, 0.2) is 35.2 Å². The van der Waals surface area contributed by atoms with Gasteiger partial charge in [0.1, 0.15) is 4.90 Å². The van der Waals surface area contributed by atoms with Crippen molar-refractivity contribution in [3.05, 3.63) is 47.3 Å². The molecule has 0 aliphatic heterocycles. The number of benzene rings is 1. The Hall–Kier alpha value is -1.66. The maximum Gasteiger partial charge on any atom is 0.244 e. The van der Waals surface area contributed by atoms with Crippen molar-refractivity contribution in [2.45, 2.75) is 64.4 Å². The fourth-order valence-corrected chi connectivity index (χ4v) is 5.44. The molecule has 1 heterocycles. The van der Waals surface area contributed by atoms with E-state index in [4.69, 9.17) is 0 Å². The number of rotatable bonds is 5. The standard InChI is InChI=1S/C20H29N3O2S/c1-13-12-17(13)18(16-10-8-7-9-11-16)22-26(24,25)19-14(2)21-23(15(19)3)20(4,5)6/h7-11,13,17-18,22H,12H2,1-6H3. The first-order chi connectivity index (χ1) is 12.0. The van der Waals surface area contributed by atoms with Gasteiger partial charge in [0, 0.05) is 0 Å². The predicted octanol–water partition coefficient (Wildman–Crippen LogP) is 3.93. The van der Waals surface area contributed by atoms with Gasteiger partial charge in [0.25, 0.3) is 0 Å². The Morgan fingerprint density at radius 3 is 2.23 bits per heavy atom. The van der Waals surface area contributed by atoms with Gasteiger partial charge in [0.15, 0.2) is 0 Å². The van der Waals surface area contributed by atoms with E-state index in [1.165, 1.54) is 0 Å². The molecule has 1 saturated carbocycles. The van der Waals surface area contributed by atoms with Crippen LogP contribution in [0.5, 0.6) is 0 Å². The summed E-state index contributed by atoms with van der Waals surface area (Å²) in [7, 11) is -3.67. The van der Waals surface area contributed by atoms with Crippen LogP contribution in [0.3, 0.4) is 0 Å². The second kappa shape index (κ2) is 6.50. The molecule has 3 rings (SSSR count). The summed E-state index contributed by atoms with van der Waals surface area (Å²) in [5, 5.41) is 4.50. The van der Waals surface area contributed by atoms with Gasteiger partial charge in [0.05, 0.1) is 23.0 Å². The second-order valence-corrected chi connectivity index (χ2v) is 10.1. The van der Waals surface area contributed by atoms with Crippen LogP contribution < -0.4 is 4.72 Å². The van der Waals surface area contributed by atoms with Gasteiger partial charge in [-0.1, -0.05) is 37.3 Å². The number of aryl methyl sites for hydroxylation is 1. The Morgan fingerprint density at radius 2 is 1.77 bits per heavy atom. The van der Waals surface area contributed by atoms with Crippen LogP contribution in [0.2, 0.25) is 0 Å². The van der Waals surface area contributed by atoms with Gasteiger partial charge in [-0.2, -0.15) is 5.10 Å². The topological polar surface area (TPSA) is 64.0 Å². The van der Waals surface area contributed by atoms with Crippen molar-refractivity contribution in [2.75, 3.05) is 0 Å². The van der Waals surface area contributed by atoms with Crippen LogP contribution in [-0.4, -0.2) is 18.2 Å². The first-order valence-corrected chi connectivity index (χ1v) is 10.6. The van der Waals surface area contributed by atoms with Crippen LogP contribution in [-0.2, 0) is 15.6 Å². The smallest absolute Gasteiger partial charge is 0.244 e. The van der Waals surface area contributed by atoms with Crippen molar-refractivity contribution in [3.8, 4) is 0 Å². The molecule has 1 aliphatic rings. The molecule has 1 aliphatic carbocycles. The average molecular weight is 376 g/mol.